The first-order valence-electron chi connectivity index (χ1n) is 7.78. The van der Waals surface area contributed by atoms with E-state index in [1.807, 2.05) is 13.0 Å². The van der Waals surface area contributed by atoms with Crippen molar-refractivity contribution >= 4 is 29.1 Å². The predicted octanol–water partition coefficient (Wildman–Crippen LogP) is 2.86. The summed E-state index contributed by atoms with van der Waals surface area (Å²) >= 11 is 6.16. The highest BCUT2D eigenvalue weighted by Gasteiger charge is 2.17. The SMILES string of the molecule is CCOc1ccccc1NC(=O)c1cc(Cl)c(OCC(N)=O)c(OC)c1. The van der Waals surface area contributed by atoms with Crippen molar-refractivity contribution in [2.75, 3.05) is 25.6 Å². The van der Waals surface area contributed by atoms with Crippen molar-refractivity contribution in [3.05, 3.63) is 47.0 Å². The zero-order chi connectivity index (χ0) is 19.1. The van der Waals surface area contributed by atoms with Crippen LogP contribution in [0.2, 0.25) is 5.02 Å². The number of rotatable bonds is 8. The van der Waals surface area contributed by atoms with Gasteiger partial charge in [-0.25, -0.2) is 0 Å². The number of hydrogen-bond donors (Lipinski definition) is 2. The number of carbonyl (C=O) groups is 2. The van der Waals surface area contributed by atoms with Crippen LogP contribution >= 0.6 is 11.6 Å². The normalized spacial score (nSPS) is 10.1. The van der Waals surface area contributed by atoms with Crippen LogP contribution in [0.15, 0.2) is 36.4 Å². The number of methoxy groups -OCH3 is 1. The van der Waals surface area contributed by atoms with E-state index in [4.69, 9.17) is 31.5 Å². The summed E-state index contributed by atoms with van der Waals surface area (Å²) in [7, 11) is 1.40. The number of ether oxygens (including phenoxy) is 3. The first kappa shape index (κ1) is 19.4. The second-order valence-corrected chi connectivity index (χ2v) is 5.53. The van der Waals surface area contributed by atoms with Gasteiger partial charge in [-0.3, -0.25) is 9.59 Å². The third-order valence-electron chi connectivity index (χ3n) is 3.29. The summed E-state index contributed by atoms with van der Waals surface area (Å²) in [5.74, 6) is -0.152. The van der Waals surface area contributed by atoms with Crippen molar-refractivity contribution in [2.24, 2.45) is 5.73 Å². The Balaban J connectivity index is 2.27. The molecule has 2 rings (SSSR count). The third-order valence-corrected chi connectivity index (χ3v) is 3.57. The molecule has 2 aromatic carbocycles. The highest BCUT2D eigenvalue weighted by Crippen LogP contribution is 2.36. The Hall–Kier alpha value is -2.93. The number of anilines is 1. The molecule has 0 spiro atoms. The van der Waals surface area contributed by atoms with Crippen molar-refractivity contribution in [1.82, 2.24) is 0 Å². The minimum absolute atomic E-state index is 0.119. The van der Waals surface area contributed by atoms with Crippen LogP contribution in [-0.4, -0.2) is 32.1 Å². The molecule has 0 aliphatic rings. The molecule has 2 amide bonds. The van der Waals surface area contributed by atoms with Crippen molar-refractivity contribution in [2.45, 2.75) is 6.92 Å². The van der Waals surface area contributed by atoms with Gasteiger partial charge < -0.3 is 25.3 Å². The van der Waals surface area contributed by atoms with Gasteiger partial charge >= 0.3 is 0 Å². The van der Waals surface area contributed by atoms with Crippen molar-refractivity contribution in [3.63, 3.8) is 0 Å². The van der Waals surface area contributed by atoms with Crippen molar-refractivity contribution < 1.29 is 23.8 Å². The fourth-order valence-corrected chi connectivity index (χ4v) is 2.45. The van der Waals surface area contributed by atoms with Gasteiger partial charge in [0, 0.05) is 5.56 Å². The van der Waals surface area contributed by atoms with Crippen LogP contribution in [0.1, 0.15) is 17.3 Å². The zero-order valence-corrected chi connectivity index (χ0v) is 15.1. The summed E-state index contributed by atoms with van der Waals surface area (Å²) in [6, 6.07) is 9.96. The van der Waals surface area contributed by atoms with Crippen LogP contribution in [0.25, 0.3) is 0 Å². The summed E-state index contributed by atoms with van der Waals surface area (Å²) in [6.07, 6.45) is 0. The summed E-state index contributed by atoms with van der Waals surface area (Å²) in [5.41, 5.74) is 5.85. The summed E-state index contributed by atoms with van der Waals surface area (Å²) in [4.78, 5) is 23.5. The van der Waals surface area contributed by atoms with Gasteiger partial charge in [0.2, 0.25) is 0 Å². The smallest absolute Gasteiger partial charge is 0.255 e. The van der Waals surface area contributed by atoms with E-state index in [2.05, 4.69) is 5.32 Å². The molecule has 0 heterocycles. The molecule has 0 atom stereocenters. The van der Waals surface area contributed by atoms with E-state index in [0.29, 0.717) is 18.0 Å². The van der Waals surface area contributed by atoms with E-state index in [9.17, 15) is 9.59 Å². The molecular weight excluding hydrogens is 360 g/mol. The fourth-order valence-electron chi connectivity index (χ4n) is 2.18. The molecule has 0 aliphatic heterocycles. The second-order valence-electron chi connectivity index (χ2n) is 5.13. The molecule has 0 bridgehead atoms. The third kappa shape index (κ3) is 4.80. The quantitative estimate of drug-likeness (QED) is 0.735. The molecule has 0 fully saturated rings. The Labute approximate surface area is 156 Å². The Morgan fingerprint density at radius 3 is 2.54 bits per heavy atom. The number of amides is 2. The number of para-hydroxylation sites is 2. The molecule has 0 radical (unpaired) electrons. The van der Waals surface area contributed by atoms with E-state index in [0.717, 1.165) is 0 Å². The van der Waals surface area contributed by atoms with E-state index in [-0.39, 0.29) is 28.7 Å². The monoisotopic (exact) mass is 378 g/mol. The lowest BCUT2D eigenvalue weighted by Gasteiger charge is -2.14. The molecule has 138 valence electrons. The maximum atomic E-state index is 12.6. The van der Waals surface area contributed by atoms with E-state index in [1.54, 1.807) is 18.2 Å². The first-order valence-corrected chi connectivity index (χ1v) is 8.15. The number of carbonyl (C=O) groups excluding carboxylic acids is 2. The lowest BCUT2D eigenvalue weighted by Crippen LogP contribution is -2.20. The Bertz CT molecular complexity index is 810. The Kier molecular flexibility index (Phi) is 6.68. The van der Waals surface area contributed by atoms with Gasteiger partial charge in [-0.1, -0.05) is 23.7 Å². The standard InChI is InChI=1S/C18H19ClN2O5/c1-3-25-14-7-5-4-6-13(14)21-18(23)11-8-12(19)17(15(9-11)24-2)26-10-16(20)22/h4-9H,3,10H2,1-2H3,(H2,20,22)(H,21,23). The van der Waals surface area contributed by atoms with Crippen LogP contribution in [0, 0.1) is 0 Å². The van der Waals surface area contributed by atoms with Crippen LogP contribution in [0.3, 0.4) is 0 Å². The van der Waals surface area contributed by atoms with Crippen molar-refractivity contribution in [1.29, 1.82) is 0 Å². The van der Waals surface area contributed by atoms with Crippen LogP contribution in [0.5, 0.6) is 17.2 Å². The predicted molar refractivity (Wildman–Crippen MR) is 98.3 cm³/mol. The molecule has 0 aliphatic carbocycles. The lowest BCUT2D eigenvalue weighted by atomic mass is 10.1. The van der Waals surface area contributed by atoms with Crippen LogP contribution in [0.4, 0.5) is 5.69 Å². The topological polar surface area (TPSA) is 99.9 Å². The molecule has 0 saturated carbocycles. The van der Waals surface area contributed by atoms with Crippen LogP contribution in [-0.2, 0) is 4.79 Å². The molecule has 3 N–H and O–H groups in total. The number of primary amides is 1. The lowest BCUT2D eigenvalue weighted by molar-refractivity contribution is -0.119. The van der Waals surface area contributed by atoms with E-state index < -0.39 is 11.8 Å². The van der Waals surface area contributed by atoms with Gasteiger partial charge in [0.15, 0.2) is 18.1 Å². The summed E-state index contributed by atoms with van der Waals surface area (Å²) in [5, 5.41) is 2.89. The second kappa shape index (κ2) is 8.96. The van der Waals surface area contributed by atoms with E-state index in [1.165, 1.54) is 19.2 Å². The minimum atomic E-state index is -0.655. The summed E-state index contributed by atoms with van der Waals surface area (Å²) < 4.78 is 15.9. The number of benzene rings is 2. The average Bonchev–Trinajstić information content (AvgIpc) is 2.61. The highest BCUT2D eigenvalue weighted by molar-refractivity contribution is 6.32. The molecule has 7 nitrogen and oxygen atoms in total. The maximum Gasteiger partial charge on any atom is 0.255 e. The first-order chi connectivity index (χ1) is 12.5. The molecular formula is C18H19ClN2O5. The fraction of sp³-hybridized carbons (Fsp3) is 0.222. The number of halogens is 1. The Morgan fingerprint density at radius 2 is 1.88 bits per heavy atom. The van der Waals surface area contributed by atoms with E-state index >= 15 is 0 Å². The molecule has 0 unspecified atom stereocenters. The Morgan fingerprint density at radius 1 is 1.15 bits per heavy atom. The largest absolute Gasteiger partial charge is 0.493 e. The van der Waals surface area contributed by atoms with Gasteiger partial charge in [0.25, 0.3) is 11.8 Å². The minimum Gasteiger partial charge on any atom is -0.493 e. The molecule has 0 aromatic heterocycles. The summed E-state index contributed by atoms with van der Waals surface area (Å²) in [6.45, 7) is 1.97. The maximum absolute atomic E-state index is 12.6. The molecule has 26 heavy (non-hydrogen) atoms. The van der Waals surface area contributed by atoms with Crippen molar-refractivity contribution in [3.8, 4) is 17.2 Å². The highest BCUT2D eigenvalue weighted by atomic mass is 35.5. The average molecular weight is 379 g/mol. The van der Waals surface area contributed by atoms with Gasteiger partial charge in [-0.2, -0.15) is 0 Å². The van der Waals surface area contributed by atoms with Gasteiger partial charge in [0.1, 0.15) is 5.75 Å². The van der Waals surface area contributed by atoms with Gasteiger partial charge in [0.05, 0.1) is 24.4 Å². The zero-order valence-electron chi connectivity index (χ0n) is 14.4. The number of nitrogens with two attached hydrogens (primary N) is 1. The van der Waals surface area contributed by atoms with Crippen LogP contribution < -0.4 is 25.3 Å². The number of nitrogens with one attached hydrogen (secondary N) is 1. The molecule has 2 aromatic rings. The van der Waals surface area contributed by atoms with Gasteiger partial charge in [-0.15, -0.1) is 0 Å². The molecule has 8 heteroatoms. The number of hydrogen-bond acceptors (Lipinski definition) is 5. The molecule has 0 saturated heterocycles. The van der Waals surface area contributed by atoms with Gasteiger partial charge in [-0.05, 0) is 31.2 Å².